The Balaban J connectivity index is 0.000000163. The highest BCUT2D eigenvalue weighted by Crippen LogP contribution is 2.41. The number of ether oxygens (including phenoxy) is 2. The molecule has 29 heteroatoms. The van der Waals surface area contributed by atoms with Gasteiger partial charge in [0.15, 0.2) is 23.1 Å². The highest BCUT2D eigenvalue weighted by Gasteiger charge is 2.47. The lowest BCUT2D eigenvalue weighted by molar-refractivity contribution is -0.141. The molecule has 9 atom stereocenters. The Hall–Kier alpha value is -6.30. The van der Waals surface area contributed by atoms with Gasteiger partial charge in [-0.2, -0.15) is 0 Å². The molecule has 3 saturated carbocycles. The first-order valence-electron chi connectivity index (χ1n) is 40.7. The van der Waals surface area contributed by atoms with E-state index >= 15 is 0 Å². The zero-order valence-electron chi connectivity index (χ0n) is 66.9. The second kappa shape index (κ2) is 44.1. The molecule has 0 spiro atoms. The summed E-state index contributed by atoms with van der Waals surface area (Å²) in [7, 11) is -0.128. The number of halogens is 5. The van der Waals surface area contributed by atoms with Crippen LogP contribution in [-0.4, -0.2) is 242 Å². The van der Waals surface area contributed by atoms with Crippen LogP contribution in [0.15, 0.2) is 109 Å². The molecule has 6 aliphatic heterocycles. The topological polar surface area (TPSA) is 257 Å². The fourth-order valence-electron chi connectivity index (χ4n) is 18.4. The van der Waals surface area contributed by atoms with E-state index in [1.165, 1.54) is 103 Å². The van der Waals surface area contributed by atoms with Crippen molar-refractivity contribution < 1.29 is 64.8 Å². The minimum atomic E-state index is -1.02. The van der Waals surface area contributed by atoms with Crippen molar-refractivity contribution in [3.8, 4) is 11.5 Å². The van der Waals surface area contributed by atoms with Crippen LogP contribution in [0.4, 0.5) is 8.78 Å². The molecular weight excluding hydrogens is 1590 g/mol. The summed E-state index contributed by atoms with van der Waals surface area (Å²) in [4.78, 5) is 82.7. The van der Waals surface area contributed by atoms with E-state index in [0.29, 0.717) is 95.0 Å². The Morgan fingerprint density at radius 2 is 0.826 bits per heavy atom. The van der Waals surface area contributed by atoms with Gasteiger partial charge in [0, 0.05) is 240 Å². The average Bonchev–Trinajstić information content (AvgIpc) is 1.77. The Morgan fingerprint density at radius 3 is 1.17 bits per heavy atom. The molecule has 3 aliphatic carbocycles. The number of piperazine rings is 3. The minimum Gasteiger partial charge on any atom is -0.494 e. The number of carboxylic acid groups (broad SMARTS) is 1. The van der Waals surface area contributed by atoms with Crippen molar-refractivity contribution in [3.05, 3.63) is 164 Å². The molecule has 5 aromatic rings. The quantitative estimate of drug-likeness (QED) is 0.0454. The van der Waals surface area contributed by atoms with E-state index < -0.39 is 50.1 Å². The van der Waals surface area contributed by atoms with E-state index in [9.17, 15) is 50.2 Å². The lowest BCUT2D eigenvalue weighted by Gasteiger charge is -2.50. The zero-order chi connectivity index (χ0) is 82.2. The molecule has 3 unspecified atom stereocenters. The van der Waals surface area contributed by atoms with E-state index in [4.69, 9.17) is 44.6 Å². The third kappa shape index (κ3) is 25.2. The van der Waals surface area contributed by atoms with E-state index in [1.807, 2.05) is 76.5 Å². The standard InChI is InChI=1S/C30H39ClFN3O3S.C24H34ClN3O3S.C13H25N3O.C11H11ClO3S.C8H7FO2/c1-38-28-10-5-22(17-27(28)32)18-33-21-30(11-3-2-4-12-30)35-15-13-34(14-16-35)29(36)26-20-39(37)19-25(26)23-6-8-24(31)9-7-23;1-18(29)26-17-24(9-3-2-4-10-24)28-13-11-27(12-14-28)23(30)22-16-32(31)15-21(22)19-5-7-20(25)8-6-19;1-12(17)15-11-13(5-3-2-4-6-13)16-9-7-14-8-10-16;12-8-3-1-7(2-4-8)9-5-16(15)6-10(9)11(13)14;1-11-8-3-2-6(5-10)4-7(8)9/h5-10,17,25-26,33H,2-4,11-16,18-21H2,1H3;5-8,21-22H,2-4,9-17H2,1H3,(H,26,29);14H,2-11H2,1H3,(H,15,17);1-4,9-10H,5-6H2,(H,13,14);2-5H,1H3/t25-,26+,39?;21-,22+,32?;;9-,10+,16?;/m00.0./s1. The summed E-state index contributed by atoms with van der Waals surface area (Å²) in [5.74, 6) is 0.510. The van der Waals surface area contributed by atoms with Gasteiger partial charge < -0.3 is 45.6 Å². The van der Waals surface area contributed by atoms with E-state index in [1.54, 1.807) is 32.0 Å². The zero-order valence-corrected chi connectivity index (χ0v) is 71.6. The molecule has 6 heterocycles. The largest absolute Gasteiger partial charge is 0.494 e. The van der Waals surface area contributed by atoms with E-state index in [0.717, 1.165) is 119 Å². The molecule has 6 saturated heterocycles. The molecule has 9 aliphatic rings. The molecule has 4 amide bonds. The van der Waals surface area contributed by atoms with Gasteiger partial charge in [-0.05, 0) is 128 Å². The number of benzene rings is 5. The first-order chi connectivity index (χ1) is 55.3. The lowest BCUT2D eigenvalue weighted by Crippen LogP contribution is -2.62. The van der Waals surface area contributed by atoms with Crippen LogP contribution in [0, 0.1) is 29.4 Å². The maximum atomic E-state index is 14.2. The Kier molecular flexibility index (Phi) is 34.9. The fraction of sp³-hybridized carbons (Fsp3) is 0.581. The SMILES string of the molecule is CC(=O)NCC1(N2CCN(C(=O)[C@@H]3CS(=O)C[C@H]3c3ccc(Cl)cc3)CC2)CCCCC1.CC(=O)NCC1(N2CCNCC2)CCCCC1.COc1ccc(C=O)cc1F.COc1ccc(CNCC2(N3CCN(C(=O)[C@@H]4CS(=O)C[C@H]4c4ccc(Cl)cc4)CC3)CCCCC2)cc1F.O=C(O)[C@@H]1CS(=O)C[C@H]1c1ccc(Cl)cc1. The Labute approximate surface area is 699 Å². The number of aliphatic carboxylic acids is 1. The van der Waals surface area contributed by atoms with Gasteiger partial charge in [-0.15, -0.1) is 0 Å². The van der Waals surface area contributed by atoms with Crippen molar-refractivity contribution in [1.82, 2.24) is 45.8 Å². The number of hydrogen-bond acceptors (Lipinski definition) is 16. The molecule has 0 bridgehead atoms. The normalized spacial score (nSPS) is 25.3. The van der Waals surface area contributed by atoms with Gasteiger partial charge in [0.25, 0.3) is 0 Å². The number of carboxylic acids is 1. The smallest absolute Gasteiger partial charge is 0.308 e. The second-order valence-electron chi connectivity index (χ2n) is 32.1. The lowest BCUT2D eigenvalue weighted by atomic mass is 9.79. The van der Waals surface area contributed by atoms with Crippen molar-refractivity contribution in [2.45, 2.75) is 151 Å². The predicted octanol–water partition coefficient (Wildman–Crippen LogP) is 11.6. The second-order valence-corrected chi connectivity index (χ2v) is 38.0. The summed E-state index contributed by atoms with van der Waals surface area (Å²) in [5.41, 5.74) is 4.52. The highest BCUT2D eigenvalue weighted by molar-refractivity contribution is 7.85. The van der Waals surface area contributed by atoms with Gasteiger partial charge in [0.05, 0.1) is 32.0 Å². The van der Waals surface area contributed by atoms with Crippen molar-refractivity contribution in [1.29, 1.82) is 0 Å². The van der Waals surface area contributed by atoms with Gasteiger partial charge >= 0.3 is 5.97 Å². The number of nitrogens with one attached hydrogen (secondary N) is 4. The maximum Gasteiger partial charge on any atom is 0.308 e. The molecule has 0 radical (unpaired) electrons. The third-order valence-electron chi connectivity index (χ3n) is 24.8. The first kappa shape index (κ1) is 91.0. The molecule has 5 aromatic carbocycles. The number of nitrogens with zero attached hydrogens (tertiary/aromatic N) is 5. The first-order valence-corrected chi connectivity index (χ1v) is 46.3. The van der Waals surface area contributed by atoms with Crippen LogP contribution in [0.5, 0.6) is 11.5 Å². The molecule has 630 valence electrons. The molecule has 9 fully saturated rings. The van der Waals surface area contributed by atoms with E-state index in [-0.39, 0.29) is 92.9 Å². The van der Waals surface area contributed by atoms with Gasteiger partial charge in [0.2, 0.25) is 23.6 Å². The molecule has 115 heavy (non-hydrogen) atoms. The maximum absolute atomic E-state index is 14.2. The highest BCUT2D eigenvalue weighted by atomic mass is 35.5. The van der Waals surface area contributed by atoms with Crippen LogP contribution in [-0.2, 0) is 62.9 Å². The number of carbonyl (C=O) groups is 6. The van der Waals surface area contributed by atoms with Crippen LogP contribution in [0.2, 0.25) is 15.1 Å². The van der Waals surface area contributed by atoms with Gasteiger partial charge in [-0.3, -0.25) is 56.1 Å². The summed E-state index contributed by atoms with van der Waals surface area (Å²) in [5, 5.41) is 24.1. The van der Waals surface area contributed by atoms with Crippen molar-refractivity contribution in [2.24, 2.45) is 17.8 Å². The summed E-state index contributed by atoms with van der Waals surface area (Å²) >= 11 is 17.9. The number of rotatable bonds is 20. The van der Waals surface area contributed by atoms with Crippen LogP contribution < -0.4 is 30.7 Å². The summed E-state index contributed by atoms with van der Waals surface area (Å²) < 4.78 is 72.9. The minimum absolute atomic E-state index is 0.0110. The average molecular weight is 1710 g/mol. The van der Waals surface area contributed by atoms with Gasteiger partial charge in [-0.1, -0.05) is 135 Å². The van der Waals surface area contributed by atoms with Crippen LogP contribution >= 0.6 is 34.8 Å². The monoisotopic (exact) mass is 1710 g/mol. The van der Waals surface area contributed by atoms with Gasteiger partial charge in [-0.25, -0.2) is 8.78 Å². The summed E-state index contributed by atoms with van der Waals surface area (Å²) in [6.07, 6.45) is 18.8. The fourth-order valence-corrected chi connectivity index (χ4v) is 24.0. The number of methoxy groups -OCH3 is 2. The van der Waals surface area contributed by atoms with Gasteiger partial charge in [0.1, 0.15) is 6.29 Å². The molecule has 14 rings (SSSR count). The molecule has 21 nitrogen and oxygen atoms in total. The predicted molar refractivity (Wildman–Crippen MR) is 453 cm³/mol. The van der Waals surface area contributed by atoms with Crippen molar-refractivity contribution in [2.75, 3.05) is 147 Å². The van der Waals surface area contributed by atoms with Crippen LogP contribution in [0.3, 0.4) is 0 Å². The molecular formula is C86H116Cl3F2N9O12S3. The third-order valence-corrected chi connectivity index (χ3v) is 29.9. The number of aldehydes is 1. The van der Waals surface area contributed by atoms with Crippen molar-refractivity contribution >= 4 is 103 Å². The van der Waals surface area contributed by atoms with Crippen LogP contribution in [0.1, 0.15) is 161 Å². The summed E-state index contributed by atoms with van der Waals surface area (Å²) in [6, 6.07) is 31.5. The Morgan fingerprint density at radius 1 is 0.478 bits per heavy atom. The molecule has 0 aromatic heterocycles. The van der Waals surface area contributed by atoms with E-state index in [2.05, 4.69) is 40.7 Å². The number of hydrogen-bond donors (Lipinski definition) is 5. The number of carbonyl (C=O) groups excluding carboxylic acids is 5. The molecule has 5 N–H and O–H groups in total. The number of amides is 4. The summed E-state index contributed by atoms with van der Waals surface area (Å²) in [6.45, 7) is 16.7. The van der Waals surface area contributed by atoms with Crippen molar-refractivity contribution in [3.63, 3.8) is 0 Å². The Bertz CT molecular complexity index is 4100. The van der Waals surface area contributed by atoms with Crippen LogP contribution in [0.25, 0.3) is 0 Å².